The van der Waals surface area contributed by atoms with Gasteiger partial charge in [0.05, 0.1) is 6.04 Å². The number of guanidine groups is 1. The molecule has 3 nitrogen and oxygen atoms in total. The highest BCUT2D eigenvalue weighted by molar-refractivity contribution is 5.86. The van der Waals surface area contributed by atoms with Crippen molar-refractivity contribution in [2.75, 3.05) is 19.6 Å². The molecular weight excluding hydrogens is 342 g/mol. The summed E-state index contributed by atoms with van der Waals surface area (Å²) >= 11 is 0. The molecule has 0 aromatic heterocycles. The molecule has 28 heavy (non-hydrogen) atoms. The third-order valence-electron chi connectivity index (χ3n) is 6.06. The Kier molecular flexibility index (Phi) is 7.76. The van der Waals surface area contributed by atoms with Gasteiger partial charge < -0.3 is 9.80 Å². The van der Waals surface area contributed by atoms with Crippen molar-refractivity contribution in [3.05, 3.63) is 48.0 Å². The first-order valence-electron chi connectivity index (χ1n) is 11.3. The van der Waals surface area contributed by atoms with Crippen LogP contribution in [0.3, 0.4) is 0 Å². The topological polar surface area (TPSA) is 30.3 Å². The summed E-state index contributed by atoms with van der Waals surface area (Å²) in [5, 5.41) is 11.5. The Balaban J connectivity index is 1.72. The van der Waals surface area contributed by atoms with Crippen LogP contribution in [0, 0.1) is 5.41 Å². The van der Waals surface area contributed by atoms with E-state index in [9.17, 15) is 0 Å². The minimum Gasteiger partial charge on any atom is -0.341 e. The Bertz CT molecular complexity index is 749. The average molecular weight is 380 g/mol. The van der Waals surface area contributed by atoms with Gasteiger partial charge in [0.15, 0.2) is 5.96 Å². The fourth-order valence-electron chi connectivity index (χ4n) is 4.41. The van der Waals surface area contributed by atoms with Crippen LogP contribution in [0.5, 0.6) is 0 Å². The van der Waals surface area contributed by atoms with E-state index in [2.05, 4.69) is 66.1 Å². The molecule has 1 N–H and O–H groups in total. The maximum Gasteiger partial charge on any atom is 0.194 e. The lowest BCUT2D eigenvalue weighted by atomic mass is 9.98. The van der Waals surface area contributed by atoms with Gasteiger partial charge in [-0.25, -0.2) is 0 Å². The fraction of sp³-hybridized carbons (Fsp3) is 0.560. The number of fused-ring (bicyclic) bond motifs is 1. The summed E-state index contributed by atoms with van der Waals surface area (Å²) < 4.78 is 0. The number of rotatable bonds is 11. The number of nitrogens with zero attached hydrogens (tertiary/aromatic N) is 2. The molecule has 1 fully saturated rings. The van der Waals surface area contributed by atoms with Crippen molar-refractivity contribution in [3.63, 3.8) is 0 Å². The van der Waals surface area contributed by atoms with Crippen molar-refractivity contribution in [2.24, 2.45) is 0 Å². The molecule has 152 valence electrons. The van der Waals surface area contributed by atoms with Crippen molar-refractivity contribution in [1.82, 2.24) is 9.80 Å². The van der Waals surface area contributed by atoms with Gasteiger partial charge in [0.2, 0.25) is 0 Å². The third-order valence-corrected chi connectivity index (χ3v) is 6.06. The molecule has 1 atom stereocenters. The van der Waals surface area contributed by atoms with Gasteiger partial charge in [0.25, 0.3) is 0 Å². The molecule has 1 aliphatic heterocycles. The zero-order chi connectivity index (χ0) is 19.8. The van der Waals surface area contributed by atoms with Crippen molar-refractivity contribution >= 4 is 16.7 Å². The Labute approximate surface area is 171 Å². The van der Waals surface area contributed by atoms with Gasteiger partial charge in [0, 0.05) is 19.6 Å². The predicted octanol–water partition coefficient (Wildman–Crippen LogP) is 6.07. The molecule has 3 heteroatoms. The molecular formula is C25H37N3. The molecule has 1 unspecified atom stereocenters. The minimum absolute atomic E-state index is 0.418. The summed E-state index contributed by atoms with van der Waals surface area (Å²) in [6.45, 7) is 7.55. The first kappa shape index (κ1) is 20.7. The highest BCUT2D eigenvalue weighted by Gasteiger charge is 2.33. The normalized spacial score (nSPS) is 17.1. The zero-order valence-electron chi connectivity index (χ0n) is 17.8. The maximum absolute atomic E-state index is 8.77. The second-order valence-electron chi connectivity index (χ2n) is 8.23. The molecule has 3 rings (SSSR count). The van der Waals surface area contributed by atoms with Crippen molar-refractivity contribution in [3.8, 4) is 0 Å². The molecule has 0 bridgehead atoms. The lowest BCUT2D eigenvalue weighted by Gasteiger charge is -2.26. The van der Waals surface area contributed by atoms with E-state index in [1.165, 1.54) is 61.3 Å². The van der Waals surface area contributed by atoms with E-state index in [1.807, 2.05) is 0 Å². The van der Waals surface area contributed by atoms with E-state index < -0.39 is 0 Å². The van der Waals surface area contributed by atoms with E-state index in [4.69, 9.17) is 5.41 Å². The molecule has 2 aromatic rings. The highest BCUT2D eigenvalue weighted by Crippen LogP contribution is 2.25. The van der Waals surface area contributed by atoms with Crippen LogP contribution in [-0.4, -0.2) is 41.4 Å². The average Bonchev–Trinajstić information content (AvgIpc) is 3.01. The third kappa shape index (κ3) is 5.06. The fourth-order valence-corrected chi connectivity index (χ4v) is 4.41. The van der Waals surface area contributed by atoms with Gasteiger partial charge in [-0.15, -0.1) is 0 Å². The summed E-state index contributed by atoms with van der Waals surface area (Å²) in [4.78, 5) is 4.70. The van der Waals surface area contributed by atoms with Gasteiger partial charge >= 0.3 is 0 Å². The molecule has 1 aliphatic rings. The smallest absolute Gasteiger partial charge is 0.194 e. The SMILES string of the molecule is CCCCCCCN1C(=N)N(CCCC)CC1Cc1cccc2ccccc12. The van der Waals surface area contributed by atoms with E-state index in [-0.39, 0.29) is 0 Å². The second kappa shape index (κ2) is 10.5. The summed E-state index contributed by atoms with van der Waals surface area (Å²) in [6.07, 6.45) is 9.83. The van der Waals surface area contributed by atoms with Gasteiger partial charge in [0.1, 0.15) is 0 Å². The number of hydrogen-bond donors (Lipinski definition) is 1. The largest absolute Gasteiger partial charge is 0.341 e. The molecule has 0 spiro atoms. The molecule has 2 aromatic carbocycles. The van der Waals surface area contributed by atoms with Gasteiger partial charge in [-0.05, 0) is 35.6 Å². The van der Waals surface area contributed by atoms with Crippen molar-refractivity contribution < 1.29 is 0 Å². The number of hydrogen-bond acceptors (Lipinski definition) is 1. The van der Waals surface area contributed by atoms with Crippen LogP contribution in [0.2, 0.25) is 0 Å². The molecule has 1 saturated heterocycles. The molecule has 0 radical (unpaired) electrons. The van der Waals surface area contributed by atoms with E-state index in [0.717, 1.165) is 32.0 Å². The highest BCUT2D eigenvalue weighted by atomic mass is 15.4. The van der Waals surface area contributed by atoms with E-state index in [0.29, 0.717) is 6.04 Å². The van der Waals surface area contributed by atoms with Crippen LogP contribution in [0.4, 0.5) is 0 Å². The van der Waals surface area contributed by atoms with E-state index in [1.54, 1.807) is 0 Å². The second-order valence-corrected chi connectivity index (χ2v) is 8.23. The number of benzene rings is 2. The lowest BCUT2D eigenvalue weighted by molar-refractivity contribution is 0.329. The lowest BCUT2D eigenvalue weighted by Crippen LogP contribution is -2.37. The Hall–Kier alpha value is -2.03. The van der Waals surface area contributed by atoms with Crippen molar-refractivity contribution in [2.45, 2.75) is 71.3 Å². The van der Waals surface area contributed by atoms with Gasteiger partial charge in [-0.3, -0.25) is 5.41 Å². The van der Waals surface area contributed by atoms with Crippen molar-refractivity contribution in [1.29, 1.82) is 5.41 Å². The molecule has 0 saturated carbocycles. The van der Waals surface area contributed by atoms with Crippen LogP contribution in [0.15, 0.2) is 42.5 Å². The summed E-state index contributed by atoms with van der Waals surface area (Å²) in [5.74, 6) is 0.758. The van der Waals surface area contributed by atoms with Crippen LogP contribution in [0.1, 0.15) is 64.4 Å². The Morgan fingerprint density at radius 3 is 2.43 bits per heavy atom. The summed E-state index contributed by atoms with van der Waals surface area (Å²) in [6, 6.07) is 15.8. The molecule has 0 aliphatic carbocycles. The van der Waals surface area contributed by atoms with Crippen LogP contribution >= 0.6 is 0 Å². The number of unbranched alkanes of at least 4 members (excludes halogenated alkanes) is 5. The first-order valence-corrected chi connectivity index (χ1v) is 11.3. The summed E-state index contributed by atoms with van der Waals surface area (Å²) in [7, 11) is 0. The van der Waals surface area contributed by atoms with Crippen LogP contribution in [-0.2, 0) is 6.42 Å². The Morgan fingerprint density at radius 1 is 0.857 bits per heavy atom. The molecule has 0 amide bonds. The predicted molar refractivity (Wildman–Crippen MR) is 121 cm³/mol. The zero-order valence-corrected chi connectivity index (χ0v) is 17.8. The van der Waals surface area contributed by atoms with E-state index >= 15 is 0 Å². The monoisotopic (exact) mass is 379 g/mol. The Morgan fingerprint density at radius 2 is 1.61 bits per heavy atom. The van der Waals surface area contributed by atoms with Crippen LogP contribution < -0.4 is 0 Å². The standard InChI is InChI=1S/C25H37N3/c1-3-5-7-8-11-18-28-23(20-27(25(28)26)17-6-4-2)19-22-15-12-14-21-13-9-10-16-24(21)22/h9-10,12-16,23,26H,3-8,11,17-20H2,1-2H3. The maximum atomic E-state index is 8.77. The minimum atomic E-state index is 0.418. The molecule has 1 heterocycles. The quantitative estimate of drug-likeness (QED) is 0.480. The number of nitrogens with one attached hydrogen (secondary N) is 1. The van der Waals surface area contributed by atoms with Gasteiger partial charge in [-0.2, -0.15) is 0 Å². The van der Waals surface area contributed by atoms with Crippen LogP contribution in [0.25, 0.3) is 10.8 Å². The summed E-state index contributed by atoms with van der Waals surface area (Å²) in [5.41, 5.74) is 1.42. The van der Waals surface area contributed by atoms with Gasteiger partial charge in [-0.1, -0.05) is 88.4 Å². The first-order chi connectivity index (χ1) is 13.7.